The fourth-order valence-corrected chi connectivity index (χ4v) is 1.66. The van der Waals surface area contributed by atoms with Gasteiger partial charge in [-0.3, -0.25) is 10.1 Å². The summed E-state index contributed by atoms with van der Waals surface area (Å²) in [7, 11) is 0. The topological polar surface area (TPSA) is 67.8 Å². The Labute approximate surface area is 90.2 Å². The molecule has 76 valence electrons. The third-order valence-electron chi connectivity index (χ3n) is 1.61. The lowest BCUT2D eigenvalue weighted by Gasteiger charge is -1.98. The van der Waals surface area contributed by atoms with Gasteiger partial charge in [0, 0.05) is 17.8 Å². The number of amides is 1. The molecular weight excluding hydrogens is 212 g/mol. The van der Waals surface area contributed by atoms with Gasteiger partial charge in [0.15, 0.2) is 5.13 Å². The number of thiazole rings is 1. The molecule has 0 saturated heterocycles. The van der Waals surface area contributed by atoms with Crippen molar-refractivity contribution in [2.24, 2.45) is 0 Å². The van der Waals surface area contributed by atoms with Crippen molar-refractivity contribution < 1.29 is 4.79 Å². The van der Waals surface area contributed by atoms with Crippen LogP contribution in [0, 0.1) is 6.92 Å². The van der Waals surface area contributed by atoms with E-state index in [4.69, 9.17) is 0 Å². The number of carbonyl (C=O) groups is 1. The summed E-state index contributed by atoms with van der Waals surface area (Å²) in [5.41, 5.74) is 0.879. The summed E-state index contributed by atoms with van der Waals surface area (Å²) in [6.45, 7) is 1.87. The number of aryl methyl sites for hydroxylation is 1. The Hall–Kier alpha value is -1.82. The number of rotatable bonds is 2. The molecule has 2 aromatic heterocycles. The van der Waals surface area contributed by atoms with Gasteiger partial charge in [-0.15, -0.1) is 11.3 Å². The number of aromatic nitrogens is 3. The number of nitrogens with zero attached hydrogens (tertiary/aromatic N) is 3. The van der Waals surface area contributed by atoms with Crippen LogP contribution in [0.25, 0.3) is 0 Å². The molecule has 1 N–H and O–H groups in total. The Bertz CT molecular complexity index is 468. The Kier molecular flexibility index (Phi) is 2.68. The van der Waals surface area contributed by atoms with E-state index in [0.717, 1.165) is 5.69 Å². The van der Waals surface area contributed by atoms with Crippen LogP contribution in [-0.2, 0) is 0 Å². The molecule has 0 radical (unpaired) electrons. The monoisotopic (exact) mass is 220 g/mol. The second-order valence-electron chi connectivity index (χ2n) is 2.82. The summed E-state index contributed by atoms with van der Waals surface area (Å²) < 4.78 is 0. The largest absolute Gasteiger partial charge is 0.295 e. The molecule has 2 aromatic rings. The van der Waals surface area contributed by atoms with Gasteiger partial charge in [0.05, 0.1) is 5.69 Å². The maximum atomic E-state index is 11.6. The molecule has 2 heterocycles. The van der Waals surface area contributed by atoms with Gasteiger partial charge in [0.2, 0.25) is 5.82 Å². The molecule has 5 nitrogen and oxygen atoms in total. The molecule has 1 amide bonds. The van der Waals surface area contributed by atoms with E-state index in [1.165, 1.54) is 23.7 Å². The fourth-order valence-electron chi connectivity index (χ4n) is 0.981. The van der Waals surface area contributed by atoms with Gasteiger partial charge < -0.3 is 0 Å². The first-order valence-corrected chi connectivity index (χ1v) is 5.14. The van der Waals surface area contributed by atoms with Crippen LogP contribution in [0.1, 0.15) is 16.3 Å². The molecule has 0 aromatic carbocycles. The Morgan fingerprint density at radius 3 is 2.73 bits per heavy atom. The lowest BCUT2D eigenvalue weighted by atomic mass is 10.5. The van der Waals surface area contributed by atoms with E-state index in [9.17, 15) is 4.79 Å². The third-order valence-corrected chi connectivity index (χ3v) is 2.48. The van der Waals surface area contributed by atoms with E-state index in [2.05, 4.69) is 20.3 Å². The lowest BCUT2D eigenvalue weighted by Crippen LogP contribution is -2.14. The first-order chi connectivity index (χ1) is 7.25. The quantitative estimate of drug-likeness (QED) is 0.832. The minimum absolute atomic E-state index is 0.144. The van der Waals surface area contributed by atoms with E-state index in [0.29, 0.717) is 5.13 Å². The summed E-state index contributed by atoms with van der Waals surface area (Å²) in [6.07, 6.45) is 3.05. The Morgan fingerprint density at radius 1 is 1.40 bits per heavy atom. The molecule has 15 heavy (non-hydrogen) atoms. The number of carbonyl (C=O) groups excluding carboxylic acids is 1. The van der Waals surface area contributed by atoms with Gasteiger partial charge >= 0.3 is 0 Å². The fraction of sp³-hybridized carbons (Fsp3) is 0.111. The minimum atomic E-state index is -0.343. The van der Waals surface area contributed by atoms with Gasteiger partial charge in [-0.25, -0.2) is 15.0 Å². The van der Waals surface area contributed by atoms with Crippen LogP contribution in [0.5, 0.6) is 0 Å². The van der Waals surface area contributed by atoms with Gasteiger partial charge in [0.1, 0.15) is 0 Å². The van der Waals surface area contributed by atoms with E-state index in [1.807, 2.05) is 12.3 Å². The second-order valence-corrected chi connectivity index (χ2v) is 3.68. The van der Waals surface area contributed by atoms with E-state index in [-0.39, 0.29) is 11.7 Å². The zero-order chi connectivity index (χ0) is 10.7. The number of nitrogens with one attached hydrogen (secondary N) is 1. The lowest BCUT2D eigenvalue weighted by molar-refractivity contribution is 0.101. The summed E-state index contributed by atoms with van der Waals surface area (Å²) in [5.74, 6) is -0.199. The predicted octanol–water partition coefficient (Wildman–Crippen LogP) is 1.49. The van der Waals surface area contributed by atoms with E-state index >= 15 is 0 Å². The molecule has 2 rings (SSSR count). The summed E-state index contributed by atoms with van der Waals surface area (Å²) in [4.78, 5) is 23.3. The first kappa shape index (κ1) is 9.72. The zero-order valence-corrected chi connectivity index (χ0v) is 8.78. The van der Waals surface area contributed by atoms with Crippen LogP contribution in [0.4, 0.5) is 5.13 Å². The van der Waals surface area contributed by atoms with Gasteiger partial charge in [-0.1, -0.05) is 0 Å². The molecule has 0 atom stereocenters. The standard InChI is InChI=1S/C9H8N4OS/c1-6-5-15-9(12-6)13-8(14)7-10-3-2-4-11-7/h2-5H,1H3,(H,12,13,14). The van der Waals surface area contributed by atoms with Crippen molar-refractivity contribution in [3.8, 4) is 0 Å². The second kappa shape index (κ2) is 4.14. The number of hydrogen-bond donors (Lipinski definition) is 1. The van der Waals surface area contributed by atoms with Gasteiger partial charge in [-0.05, 0) is 13.0 Å². The highest BCUT2D eigenvalue weighted by Gasteiger charge is 2.09. The van der Waals surface area contributed by atoms with Crippen molar-refractivity contribution in [3.05, 3.63) is 35.4 Å². The molecule has 0 unspecified atom stereocenters. The molecule has 6 heteroatoms. The van der Waals surface area contributed by atoms with Crippen molar-refractivity contribution >= 4 is 22.4 Å². The van der Waals surface area contributed by atoms with Crippen LogP contribution in [0.15, 0.2) is 23.8 Å². The van der Waals surface area contributed by atoms with Crippen LogP contribution in [0.2, 0.25) is 0 Å². The molecule has 0 bridgehead atoms. The molecular formula is C9H8N4OS. The SMILES string of the molecule is Cc1csc(NC(=O)c2ncccn2)n1. The van der Waals surface area contributed by atoms with Crippen molar-refractivity contribution in [2.75, 3.05) is 5.32 Å². The smallest absolute Gasteiger partial charge is 0.295 e. The van der Waals surface area contributed by atoms with Crippen LogP contribution in [0.3, 0.4) is 0 Å². The molecule has 0 saturated carbocycles. The molecule has 0 fully saturated rings. The summed E-state index contributed by atoms with van der Waals surface area (Å²) >= 11 is 1.37. The van der Waals surface area contributed by atoms with Crippen LogP contribution in [-0.4, -0.2) is 20.9 Å². The Morgan fingerprint density at radius 2 is 2.13 bits per heavy atom. The summed E-state index contributed by atoms with van der Waals surface area (Å²) in [5, 5.41) is 5.05. The van der Waals surface area contributed by atoms with Gasteiger partial charge in [-0.2, -0.15) is 0 Å². The molecule has 0 spiro atoms. The predicted molar refractivity (Wildman–Crippen MR) is 56.8 cm³/mol. The number of anilines is 1. The van der Waals surface area contributed by atoms with Crippen molar-refractivity contribution in [2.45, 2.75) is 6.92 Å². The summed E-state index contributed by atoms with van der Waals surface area (Å²) in [6, 6.07) is 1.66. The normalized spacial score (nSPS) is 9.93. The Balaban J connectivity index is 2.11. The zero-order valence-electron chi connectivity index (χ0n) is 7.97. The van der Waals surface area contributed by atoms with Crippen molar-refractivity contribution in [1.29, 1.82) is 0 Å². The highest BCUT2D eigenvalue weighted by Crippen LogP contribution is 2.14. The van der Waals surface area contributed by atoms with E-state index < -0.39 is 0 Å². The highest BCUT2D eigenvalue weighted by molar-refractivity contribution is 7.13. The van der Waals surface area contributed by atoms with Crippen molar-refractivity contribution in [3.63, 3.8) is 0 Å². The number of hydrogen-bond acceptors (Lipinski definition) is 5. The van der Waals surface area contributed by atoms with Crippen LogP contribution < -0.4 is 5.32 Å². The third kappa shape index (κ3) is 2.35. The molecule has 0 aliphatic rings. The highest BCUT2D eigenvalue weighted by atomic mass is 32.1. The van der Waals surface area contributed by atoms with Crippen molar-refractivity contribution in [1.82, 2.24) is 15.0 Å². The van der Waals surface area contributed by atoms with Crippen LogP contribution >= 0.6 is 11.3 Å². The molecule has 0 aliphatic heterocycles. The average Bonchev–Trinajstić information content (AvgIpc) is 2.65. The maximum Gasteiger partial charge on any atom is 0.295 e. The average molecular weight is 220 g/mol. The van der Waals surface area contributed by atoms with Gasteiger partial charge in [0.25, 0.3) is 5.91 Å². The maximum absolute atomic E-state index is 11.6. The van der Waals surface area contributed by atoms with E-state index in [1.54, 1.807) is 6.07 Å². The molecule has 0 aliphatic carbocycles. The first-order valence-electron chi connectivity index (χ1n) is 4.26. The minimum Gasteiger partial charge on any atom is -0.295 e.